The van der Waals surface area contributed by atoms with Gasteiger partial charge in [0.25, 0.3) is 0 Å². The van der Waals surface area contributed by atoms with E-state index in [9.17, 15) is 19.1 Å². The van der Waals surface area contributed by atoms with Crippen molar-refractivity contribution < 1.29 is 23.8 Å². The van der Waals surface area contributed by atoms with Crippen molar-refractivity contribution in [2.75, 3.05) is 7.11 Å². The van der Waals surface area contributed by atoms with Crippen molar-refractivity contribution in [1.82, 2.24) is 5.32 Å². The standard InChI is InChI=1S/C20H20FNO4/c1-11-5-3-4-6-13(11)14-10-15(14)19(23)22-18(20(24)25)12-7-8-17(26-2)16(21)9-12/h3-9,14-15,18H,10H2,1-2H3,(H,22,23)(H,24,25). The summed E-state index contributed by atoms with van der Waals surface area (Å²) in [6.45, 7) is 1.99. The van der Waals surface area contributed by atoms with Crippen molar-refractivity contribution in [2.24, 2.45) is 5.92 Å². The van der Waals surface area contributed by atoms with Crippen LogP contribution in [0.4, 0.5) is 4.39 Å². The van der Waals surface area contributed by atoms with Gasteiger partial charge in [-0.15, -0.1) is 0 Å². The third kappa shape index (κ3) is 3.54. The zero-order valence-corrected chi connectivity index (χ0v) is 14.5. The van der Waals surface area contributed by atoms with E-state index in [0.717, 1.165) is 17.2 Å². The maximum atomic E-state index is 13.9. The zero-order chi connectivity index (χ0) is 18.8. The van der Waals surface area contributed by atoms with Crippen LogP contribution in [-0.4, -0.2) is 24.1 Å². The van der Waals surface area contributed by atoms with E-state index in [2.05, 4.69) is 5.32 Å². The van der Waals surface area contributed by atoms with Crippen molar-refractivity contribution in [2.45, 2.75) is 25.3 Å². The molecule has 3 unspecified atom stereocenters. The molecule has 1 aliphatic rings. The second-order valence-corrected chi connectivity index (χ2v) is 6.48. The Hall–Kier alpha value is -2.89. The number of aryl methyl sites for hydroxylation is 1. The summed E-state index contributed by atoms with van der Waals surface area (Å²) in [5.41, 5.74) is 2.38. The number of hydrogen-bond donors (Lipinski definition) is 2. The van der Waals surface area contributed by atoms with Crippen molar-refractivity contribution in [3.05, 3.63) is 65.0 Å². The number of halogens is 1. The highest BCUT2D eigenvalue weighted by Gasteiger charge is 2.45. The number of aliphatic carboxylic acids is 1. The van der Waals surface area contributed by atoms with E-state index in [-0.39, 0.29) is 29.1 Å². The maximum Gasteiger partial charge on any atom is 0.330 e. The molecule has 0 heterocycles. The van der Waals surface area contributed by atoms with Crippen LogP contribution in [0.25, 0.3) is 0 Å². The van der Waals surface area contributed by atoms with Crippen molar-refractivity contribution in [1.29, 1.82) is 0 Å². The fraction of sp³-hybridized carbons (Fsp3) is 0.300. The Morgan fingerprint density at radius 1 is 1.27 bits per heavy atom. The molecule has 2 aromatic rings. The largest absolute Gasteiger partial charge is 0.494 e. The van der Waals surface area contributed by atoms with Gasteiger partial charge in [0.2, 0.25) is 5.91 Å². The predicted molar refractivity (Wildman–Crippen MR) is 93.5 cm³/mol. The Morgan fingerprint density at radius 2 is 2.00 bits per heavy atom. The molecular weight excluding hydrogens is 337 g/mol. The number of carbonyl (C=O) groups excluding carboxylic acids is 1. The fourth-order valence-electron chi connectivity index (χ4n) is 3.23. The summed E-state index contributed by atoms with van der Waals surface area (Å²) in [5, 5.41) is 12.0. The van der Waals surface area contributed by atoms with Gasteiger partial charge >= 0.3 is 5.97 Å². The third-order valence-corrected chi connectivity index (χ3v) is 4.76. The summed E-state index contributed by atoms with van der Waals surface area (Å²) in [4.78, 5) is 24.1. The molecule has 1 saturated carbocycles. The average molecular weight is 357 g/mol. The number of carboxylic acids is 1. The van der Waals surface area contributed by atoms with E-state index in [0.29, 0.717) is 6.42 Å². The van der Waals surface area contributed by atoms with Crippen LogP contribution in [0.1, 0.15) is 35.1 Å². The first-order valence-electron chi connectivity index (χ1n) is 8.34. The van der Waals surface area contributed by atoms with E-state index < -0.39 is 17.8 Å². The molecule has 26 heavy (non-hydrogen) atoms. The molecule has 136 valence electrons. The average Bonchev–Trinajstić information content (AvgIpc) is 3.40. The van der Waals surface area contributed by atoms with Crippen LogP contribution in [0.2, 0.25) is 0 Å². The second kappa shape index (κ2) is 7.15. The number of nitrogens with one attached hydrogen (secondary N) is 1. The normalized spacial score (nSPS) is 19.5. The molecule has 0 saturated heterocycles. The highest BCUT2D eigenvalue weighted by atomic mass is 19.1. The topological polar surface area (TPSA) is 75.6 Å². The van der Waals surface area contributed by atoms with Gasteiger partial charge in [0, 0.05) is 5.92 Å². The predicted octanol–water partition coefficient (Wildman–Crippen LogP) is 3.19. The molecule has 0 aromatic heterocycles. The summed E-state index contributed by atoms with van der Waals surface area (Å²) in [6.07, 6.45) is 0.681. The lowest BCUT2D eigenvalue weighted by molar-refractivity contribution is -0.142. The Labute approximate surface area is 150 Å². The number of carbonyl (C=O) groups is 2. The van der Waals surface area contributed by atoms with Gasteiger partial charge in [0.15, 0.2) is 17.6 Å². The summed E-state index contributed by atoms with van der Waals surface area (Å²) in [7, 11) is 1.33. The van der Waals surface area contributed by atoms with Crippen LogP contribution in [-0.2, 0) is 9.59 Å². The van der Waals surface area contributed by atoms with Gasteiger partial charge in [0.1, 0.15) is 0 Å². The van der Waals surface area contributed by atoms with E-state index in [1.807, 2.05) is 31.2 Å². The zero-order valence-electron chi connectivity index (χ0n) is 14.5. The molecule has 2 aromatic carbocycles. The molecule has 3 rings (SSSR count). The van der Waals surface area contributed by atoms with Gasteiger partial charge in [-0.25, -0.2) is 9.18 Å². The van der Waals surface area contributed by atoms with Crippen molar-refractivity contribution in [3.63, 3.8) is 0 Å². The molecule has 6 heteroatoms. The number of carboxylic acid groups (broad SMARTS) is 1. The number of ether oxygens (including phenoxy) is 1. The highest BCUT2D eigenvalue weighted by Crippen LogP contribution is 2.48. The van der Waals surface area contributed by atoms with E-state index in [4.69, 9.17) is 4.74 Å². The van der Waals surface area contributed by atoms with E-state index in [1.54, 1.807) is 0 Å². The Morgan fingerprint density at radius 3 is 2.62 bits per heavy atom. The number of hydrogen-bond acceptors (Lipinski definition) is 3. The molecule has 1 fully saturated rings. The molecule has 0 radical (unpaired) electrons. The van der Waals surface area contributed by atoms with Crippen LogP contribution >= 0.6 is 0 Å². The minimum Gasteiger partial charge on any atom is -0.494 e. The van der Waals surface area contributed by atoms with Crippen LogP contribution in [0.3, 0.4) is 0 Å². The summed E-state index contributed by atoms with van der Waals surface area (Å²) in [5.74, 6) is -2.39. The minimum absolute atomic E-state index is 0.0195. The lowest BCUT2D eigenvalue weighted by atomic mass is 10.0. The van der Waals surface area contributed by atoms with Gasteiger partial charge in [-0.05, 0) is 48.1 Å². The van der Waals surface area contributed by atoms with Gasteiger partial charge in [-0.2, -0.15) is 0 Å². The Kier molecular flexibility index (Phi) is 4.93. The first-order valence-corrected chi connectivity index (χ1v) is 8.34. The van der Waals surface area contributed by atoms with Gasteiger partial charge in [-0.1, -0.05) is 30.3 Å². The number of methoxy groups -OCH3 is 1. The number of rotatable bonds is 6. The Balaban J connectivity index is 1.73. The quantitative estimate of drug-likeness (QED) is 0.833. The smallest absolute Gasteiger partial charge is 0.330 e. The molecule has 0 bridgehead atoms. The first-order chi connectivity index (χ1) is 12.4. The second-order valence-electron chi connectivity index (χ2n) is 6.48. The number of benzene rings is 2. The third-order valence-electron chi connectivity index (χ3n) is 4.76. The lowest BCUT2D eigenvalue weighted by Gasteiger charge is -2.16. The maximum absolute atomic E-state index is 13.9. The first kappa shape index (κ1) is 17.9. The van der Waals surface area contributed by atoms with Gasteiger partial charge < -0.3 is 15.2 Å². The van der Waals surface area contributed by atoms with Crippen LogP contribution in [0, 0.1) is 18.7 Å². The van der Waals surface area contributed by atoms with E-state index >= 15 is 0 Å². The van der Waals surface area contributed by atoms with Crippen LogP contribution in [0.15, 0.2) is 42.5 Å². The van der Waals surface area contributed by atoms with Gasteiger partial charge in [-0.3, -0.25) is 4.79 Å². The monoisotopic (exact) mass is 357 g/mol. The van der Waals surface area contributed by atoms with Crippen molar-refractivity contribution >= 4 is 11.9 Å². The lowest BCUT2D eigenvalue weighted by Crippen LogP contribution is -2.35. The number of amides is 1. The molecular formula is C20H20FNO4. The molecule has 2 N–H and O–H groups in total. The van der Waals surface area contributed by atoms with Gasteiger partial charge in [0.05, 0.1) is 7.11 Å². The summed E-state index contributed by atoms with van der Waals surface area (Å²) in [6, 6.07) is 10.4. The molecule has 0 spiro atoms. The summed E-state index contributed by atoms with van der Waals surface area (Å²) < 4.78 is 18.7. The minimum atomic E-state index is -1.30. The van der Waals surface area contributed by atoms with Crippen LogP contribution < -0.4 is 10.1 Å². The molecule has 1 aliphatic carbocycles. The molecule has 0 aliphatic heterocycles. The molecule has 3 atom stereocenters. The molecule has 1 amide bonds. The Bertz CT molecular complexity index is 851. The SMILES string of the molecule is COc1ccc(C(NC(=O)C2CC2c2ccccc2C)C(=O)O)cc1F. The molecule has 5 nitrogen and oxygen atoms in total. The highest BCUT2D eigenvalue weighted by molar-refractivity contribution is 5.88. The van der Waals surface area contributed by atoms with E-state index in [1.165, 1.54) is 19.2 Å². The fourth-order valence-corrected chi connectivity index (χ4v) is 3.23. The summed E-state index contributed by atoms with van der Waals surface area (Å²) >= 11 is 0. The van der Waals surface area contributed by atoms with Crippen LogP contribution in [0.5, 0.6) is 5.75 Å². The van der Waals surface area contributed by atoms with Crippen molar-refractivity contribution in [3.8, 4) is 5.75 Å².